The maximum Gasteiger partial charge on any atom is 0.254 e. The van der Waals surface area contributed by atoms with Gasteiger partial charge >= 0.3 is 0 Å². The van der Waals surface area contributed by atoms with Crippen LogP contribution in [0, 0.1) is 13.8 Å². The van der Waals surface area contributed by atoms with Gasteiger partial charge in [-0.2, -0.15) is 0 Å². The summed E-state index contributed by atoms with van der Waals surface area (Å²) < 4.78 is 5.15. The molecule has 0 aliphatic carbocycles. The van der Waals surface area contributed by atoms with Crippen molar-refractivity contribution in [3.8, 4) is 0 Å². The van der Waals surface area contributed by atoms with E-state index in [0.29, 0.717) is 19.7 Å². The van der Waals surface area contributed by atoms with Gasteiger partial charge in [0.15, 0.2) is 0 Å². The molecule has 0 N–H and O–H groups in total. The molecule has 116 valence electrons. The number of ether oxygens (including phenoxy) is 1. The second-order valence-electron chi connectivity index (χ2n) is 5.52. The van der Waals surface area contributed by atoms with Crippen molar-refractivity contribution in [2.75, 3.05) is 20.3 Å². The first-order valence-electron chi connectivity index (χ1n) is 7.51. The van der Waals surface area contributed by atoms with Crippen molar-refractivity contribution in [3.05, 3.63) is 70.8 Å². The second kappa shape index (κ2) is 7.76. The van der Waals surface area contributed by atoms with E-state index in [2.05, 4.69) is 0 Å². The number of carbonyl (C=O) groups is 1. The summed E-state index contributed by atoms with van der Waals surface area (Å²) in [6.45, 7) is 5.72. The Balaban J connectivity index is 2.22. The molecule has 2 rings (SSSR count). The number of amides is 1. The summed E-state index contributed by atoms with van der Waals surface area (Å²) in [5.74, 6) is 0.0541. The van der Waals surface area contributed by atoms with E-state index in [4.69, 9.17) is 4.74 Å². The third-order valence-corrected chi connectivity index (χ3v) is 3.68. The Morgan fingerprint density at radius 1 is 1.09 bits per heavy atom. The van der Waals surface area contributed by atoms with Crippen molar-refractivity contribution < 1.29 is 9.53 Å². The Labute approximate surface area is 132 Å². The third-order valence-electron chi connectivity index (χ3n) is 3.68. The molecule has 3 heteroatoms. The molecule has 3 nitrogen and oxygen atoms in total. The van der Waals surface area contributed by atoms with Gasteiger partial charge < -0.3 is 9.64 Å². The maximum absolute atomic E-state index is 12.9. The number of methoxy groups -OCH3 is 1. The van der Waals surface area contributed by atoms with E-state index in [9.17, 15) is 4.79 Å². The predicted molar refractivity (Wildman–Crippen MR) is 89.0 cm³/mol. The summed E-state index contributed by atoms with van der Waals surface area (Å²) in [5, 5.41) is 0. The molecule has 0 atom stereocenters. The molecule has 2 aromatic rings. The lowest BCUT2D eigenvalue weighted by molar-refractivity contribution is 0.0679. The SMILES string of the molecule is COCCN(Cc1ccccc1)C(=O)c1ccc(C)cc1C. The Hall–Kier alpha value is -2.13. The highest BCUT2D eigenvalue weighted by Gasteiger charge is 2.17. The number of benzene rings is 2. The summed E-state index contributed by atoms with van der Waals surface area (Å²) in [7, 11) is 1.66. The van der Waals surface area contributed by atoms with Crippen LogP contribution in [0.3, 0.4) is 0 Å². The average Bonchev–Trinajstić information content (AvgIpc) is 2.52. The summed E-state index contributed by atoms with van der Waals surface area (Å²) in [5.41, 5.74) is 4.07. The van der Waals surface area contributed by atoms with E-state index in [1.54, 1.807) is 7.11 Å². The molecule has 0 aliphatic rings. The van der Waals surface area contributed by atoms with Crippen LogP contribution in [-0.2, 0) is 11.3 Å². The molecule has 0 saturated heterocycles. The zero-order valence-electron chi connectivity index (χ0n) is 13.5. The first-order valence-corrected chi connectivity index (χ1v) is 7.51. The minimum absolute atomic E-state index is 0.0541. The fourth-order valence-electron chi connectivity index (χ4n) is 2.48. The maximum atomic E-state index is 12.9. The minimum Gasteiger partial charge on any atom is -0.383 e. The van der Waals surface area contributed by atoms with E-state index in [1.165, 1.54) is 5.56 Å². The first-order chi connectivity index (χ1) is 10.6. The van der Waals surface area contributed by atoms with Crippen LogP contribution in [0.5, 0.6) is 0 Å². The zero-order chi connectivity index (χ0) is 15.9. The summed E-state index contributed by atoms with van der Waals surface area (Å²) >= 11 is 0. The summed E-state index contributed by atoms with van der Waals surface area (Å²) in [4.78, 5) is 14.7. The van der Waals surface area contributed by atoms with Crippen molar-refractivity contribution in [1.82, 2.24) is 4.90 Å². The highest BCUT2D eigenvalue weighted by atomic mass is 16.5. The quantitative estimate of drug-likeness (QED) is 0.815. The van der Waals surface area contributed by atoms with Gasteiger partial charge in [0, 0.05) is 25.8 Å². The lowest BCUT2D eigenvalue weighted by atomic mass is 10.0. The molecule has 0 radical (unpaired) electrons. The molecule has 0 heterocycles. The highest BCUT2D eigenvalue weighted by Crippen LogP contribution is 2.15. The zero-order valence-corrected chi connectivity index (χ0v) is 13.5. The summed E-state index contributed by atoms with van der Waals surface area (Å²) in [6.07, 6.45) is 0. The lowest BCUT2D eigenvalue weighted by Gasteiger charge is -2.23. The number of aryl methyl sites for hydroxylation is 2. The molecule has 2 aromatic carbocycles. The third kappa shape index (κ3) is 4.18. The fraction of sp³-hybridized carbons (Fsp3) is 0.316. The number of hydrogen-bond acceptors (Lipinski definition) is 2. The molecule has 0 fully saturated rings. The molecule has 0 spiro atoms. The smallest absolute Gasteiger partial charge is 0.254 e. The molecule has 1 amide bonds. The molecule has 0 bridgehead atoms. The minimum atomic E-state index is 0.0541. The standard InChI is InChI=1S/C19H23NO2/c1-15-9-10-18(16(2)13-15)19(21)20(11-12-22-3)14-17-7-5-4-6-8-17/h4-10,13H,11-12,14H2,1-3H3. The lowest BCUT2D eigenvalue weighted by Crippen LogP contribution is -2.33. The Morgan fingerprint density at radius 2 is 1.82 bits per heavy atom. The van der Waals surface area contributed by atoms with Crippen molar-refractivity contribution in [2.24, 2.45) is 0 Å². The molecular formula is C19H23NO2. The van der Waals surface area contributed by atoms with Gasteiger partial charge in [-0.15, -0.1) is 0 Å². The molecule has 0 aromatic heterocycles. The van der Waals surface area contributed by atoms with Crippen molar-refractivity contribution in [3.63, 3.8) is 0 Å². The number of carbonyl (C=O) groups excluding carboxylic acids is 1. The van der Waals surface area contributed by atoms with Gasteiger partial charge in [0.05, 0.1) is 6.61 Å². The van der Waals surface area contributed by atoms with Crippen molar-refractivity contribution in [2.45, 2.75) is 20.4 Å². The van der Waals surface area contributed by atoms with E-state index >= 15 is 0 Å². The van der Waals surface area contributed by atoms with Crippen molar-refractivity contribution >= 4 is 5.91 Å². The van der Waals surface area contributed by atoms with Crippen molar-refractivity contribution in [1.29, 1.82) is 0 Å². The number of nitrogens with zero attached hydrogens (tertiary/aromatic N) is 1. The molecule has 0 unspecified atom stereocenters. The Kier molecular flexibility index (Phi) is 5.73. The largest absolute Gasteiger partial charge is 0.383 e. The topological polar surface area (TPSA) is 29.5 Å². The summed E-state index contributed by atoms with van der Waals surface area (Å²) in [6, 6.07) is 16.0. The Bertz CT molecular complexity index is 623. The predicted octanol–water partition coefficient (Wildman–Crippen LogP) is 3.59. The van der Waals surface area contributed by atoms with Gasteiger partial charge in [0.25, 0.3) is 5.91 Å². The van der Waals surface area contributed by atoms with E-state index in [1.807, 2.05) is 67.3 Å². The number of rotatable bonds is 6. The van der Waals surface area contributed by atoms with E-state index in [0.717, 1.165) is 16.7 Å². The molecule has 0 saturated carbocycles. The molecule has 0 aliphatic heterocycles. The van der Waals surface area contributed by atoms with Crippen LogP contribution in [0.15, 0.2) is 48.5 Å². The van der Waals surface area contributed by atoms with Crippen LogP contribution < -0.4 is 0 Å². The van der Waals surface area contributed by atoms with Crippen LogP contribution in [0.2, 0.25) is 0 Å². The second-order valence-corrected chi connectivity index (χ2v) is 5.52. The van der Waals surface area contributed by atoms with Crippen LogP contribution >= 0.6 is 0 Å². The van der Waals surface area contributed by atoms with Gasteiger partial charge in [0.1, 0.15) is 0 Å². The fourth-order valence-corrected chi connectivity index (χ4v) is 2.48. The van der Waals surface area contributed by atoms with Gasteiger partial charge in [-0.25, -0.2) is 0 Å². The van der Waals surface area contributed by atoms with Crippen LogP contribution in [0.4, 0.5) is 0 Å². The monoisotopic (exact) mass is 297 g/mol. The van der Waals surface area contributed by atoms with Gasteiger partial charge in [0.2, 0.25) is 0 Å². The highest BCUT2D eigenvalue weighted by molar-refractivity contribution is 5.95. The van der Waals surface area contributed by atoms with Gasteiger partial charge in [-0.3, -0.25) is 4.79 Å². The van der Waals surface area contributed by atoms with E-state index < -0.39 is 0 Å². The normalized spacial score (nSPS) is 10.5. The van der Waals surface area contributed by atoms with Crippen LogP contribution in [0.25, 0.3) is 0 Å². The van der Waals surface area contributed by atoms with Gasteiger partial charge in [-0.05, 0) is 31.0 Å². The van der Waals surface area contributed by atoms with Crippen LogP contribution in [0.1, 0.15) is 27.0 Å². The molecular weight excluding hydrogens is 274 g/mol. The Morgan fingerprint density at radius 3 is 2.45 bits per heavy atom. The van der Waals surface area contributed by atoms with Crippen LogP contribution in [-0.4, -0.2) is 31.1 Å². The number of hydrogen-bond donors (Lipinski definition) is 0. The molecule has 22 heavy (non-hydrogen) atoms. The first kappa shape index (κ1) is 16.2. The van der Waals surface area contributed by atoms with E-state index in [-0.39, 0.29) is 5.91 Å². The van der Waals surface area contributed by atoms with Gasteiger partial charge in [-0.1, -0.05) is 48.0 Å². The average molecular weight is 297 g/mol.